The van der Waals surface area contributed by atoms with Gasteiger partial charge in [0.15, 0.2) is 5.78 Å². The third-order valence-electron chi connectivity index (χ3n) is 4.39. The Hall–Kier alpha value is -2.52. The molecule has 0 saturated carbocycles. The van der Waals surface area contributed by atoms with E-state index in [1.54, 1.807) is 13.2 Å². The Balaban J connectivity index is 1.93. The minimum Gasteiger partial charge on any atom is -0.497 e. The van der Waals surface area contributed by atoms with Gasteiger partial charge in [0, 0.05) is 41.9 Å². The van der Waals surface area contributed by atoms with Crippen LogP contribution in [-0.4, -0.2) is 17.5 Å². The number of rotatable bonds is 6. The van der Waals surface area contributed by atoms with E-state index in [4.69, 9.17) is 16.3 Å². The number of methoxy groups -OCH3 is 1. The summed E-state index contributed by atoms with van der Waals surface area (Å²) in [4.78, 5) is 12.9. The molecule has 0 amide bonds. The van der Waals surface area contributed by atoms with Crippen molar-refractivity contribution in [3.05, 3.63) is 88.7 Å². The second-order valence-corrected chi connectivity index (χ2v) is 6.44. The van der Waals surface area contributed by atoms with E-state index in [9.17, 15) is 4.79 Å². The summed E-state index contributed by atoms with van der Waals surface area (Å²) in [6.45, 7) is 0. The Labute approximate surface area is 152 Å². The number of benzene rings is 2. The van der Waals surface area contributed by atoms with Gasteiger partial charge in [0.05, 0.1) is 7.11 Å². The van der Waals surface area contributed by atoms with Crippen LogP contribution in [0.5, 0.6) is 5.75 Å². The molecule has 3 aromatic rings. The number of ketones is 1. The summed E-state index contributed by atoms with van der Waals surface area (Å²) in [5, 5.41) is 0.688. The normalized spacial score (nSPS) is 12.0. The smallest absolute Gasteiger partial charge is 0.164 e. The lowest BCUT2D eigenvalue weighted by Gasteiger charge is -2.18. The summed E-state index contributed by atoms with van der Waals surface area (Å²) in [7, 11) is 3.60. The minimum absolute atomic E-state index is 0.0315. The molecule has 0 saturated heterocycles. The molecule has 0 bridgehead atoms. The van der Waals surface area contributed by atoms with Crippen LogP contribution in [0.15, 0.2) is 66.9 Å². The predicted molar refractivity (Wildman–Crippen MR) is 101 cm³/mol. The molecule has 0 N–H and O–H groups in total. The van der Waals surface area contributed by atoms with E-state index in [2.05, 4.69) is 10.6 Å². The van der Waals surface area contributed by atoms with Crippen LogP contribution >= 0.6 is 11.6 Å². The second-order valence-electron chi connectivity index (χ2n) is 6.01. The van der Waals surface area contributed by atoms with E-state index in [0.29, 0.717) is 22.8 Å². The van der Waals surface area contributed by atoms with Crippen LogP contribution in [0, 0.1) is 0 Å². The maximum absolute atomic E-state index is 12.9. The van der Waals surface area contributed by atoms with E-state index in [1.165, 1.54) is 0 Å². The van der Waals surface area contributed by atoms with Crippen molar-refractivity contribution in [2.75, 3.05) is 7.11 Å². The van der Waals surface area contributed by atoms with Gasteiger partial charge in [0.2, 0.25) is 0 Å². The van der Waals surface area contributed by atoms with Gasteiger partial charge in [-0.25, -0.2) is 0 Å². The van der Waals surface area contributed by atoms with Crippen LogP contribution in [0.1, 0.15) is 34.0 Å². The molecule has 0 aliphatic carbocycles. The molecule has 4 heteroatoms. The minimum atomic E-state index is -0.0315. The number of halogens is 1. The number of Topliss-reactive ketones (excluding diaryl/α,β-unsaturated/α-hetero) is 1. The molecule has 3 rings (SSSR count). The summed E-state index contributed by atoms with van der Waals surface area (Å²) in [6.07, 6.45) is 2.38. The first kappa shape index (κ1) is 17.3. The molecular weight excluding hydrogens is 334 g/mol. The molecule has 0 fully saturated rings. The van der Waals surface area contributed by atoms with Crippen molar-refractivity contribution in [1.82, 2.24) is 4.57 Å². The van der Waals surface area contributed by atoms with Crippen molar-refractivity contribution < 1.29 is 9.53 Å². The Bertz CT molecular complexity index is 868. The van der Waals surface area contributed by atoms with Crippen molar-refractivity contribution in [2.45, 2.75) is 12.3 Å². The number of hydrogen-bond donors (Lipinski definition) is 0. The van der Waals surface area contributed by atoms with Gasteiger partial charge in [0.1, 0.15) is 5.75 Å². The SMILES string of the molecule is COc1cccc(C(=O)CC(c2ccc(Cl)cc2)c2cccn2C)c1. The van der Waals surface area contributed by atoms with Gasteiger partial charge in [-0.3, -0.25) is 4.79 Å². The molecule has 0 radical (unpaired) electrons. The topological polar surface area (TPSA) is 31.2 Å². The number of aryl methyl sites for hydroxylation is 1. The van der Waals surface area contributed by atoms with Gasteiger partial charge in [-0.1, -0.05) is 35.9 Å². The zero-order chi connectivity index (χ0) is 17.8. The standard InChI is InChI=1S/C21H20ClNO2/c1-23-12-4-7-20(23)19(15-8-10-17(22)11-9-15)14-21(24)16-5-3-6-18(13-16)25-2/h3-13,19H,14H2,1-2H3. The number of ether oxygens (including phenoxy) is 1. The summed E-state index contributed by atoms with van der Waals surface area (Å²) >= 11 is 6.02. The molecule has 0 spiro atoms. The van der Waals surface area contributed by atoms with E-state index < -0.39 is 0 Å². The lowest BCUT2D eigenvalue weighted by molar-refractivity contribution is 0.0976. The number of aromatic nitrogens is 1. The summed E-state index contributed by atoms with van der Waals surface area (Å²) < 4.78 is 7.28. The Kier molecular flexibility index (Phi) is 5.25. The van der Waals surface area contributed by atoms with E-state index in [-0.39, 0.29) is 11.7 Å². The van der Waals surface area contributed by atoms with Crippen LogP contribution in [0.2, 0.25) is 5.02 Å². The molecule has 1 aromatic heterocycles. The van der Waals surface area contributed by atoms with Crippen molar-refractivity contribution in [1.29, 1.82) is 0 Å². The fourth-order valence-corrected chi connectivity index (χ4v) is 3.15. The van der Waals surface area contributed by atoms with Crippen molar-refractivity contribution in [2.24, 2.45) is 7.05 Å². The summed E-state index contributed by atoms with van der Waals surface area (Å²) in [5.41, 5.74) is 2.83. The molecule has 0 aliphatic heterocycles. The molecule has 0 aliphatic rings. The molecule has 2 aromatic carbocycles. The third kappa shape index (κ3) is 3.94. The summed E-state index contributed by atoms with van der Waals surface area (Å²) in [5.74, 6) is 0.740. The largest absolute Gasteiger partial charge is 0.497 e. The average molecular weight is 354 g/mol. The van der Waals surface area contributed by atoms with Crippen molar-refractivity contribution in [3.63, 3.8) is 0 Å². The van der Waals surface area contributed by atoms with Crippen LogP contribution in [0.3, 0.4) is 0 Å². The number of carbonyl (C=O) groups is 1. The maximum atomic E-state index is 12.9. The Morgan fingerprint density at radius 1 is 1.12 bits per heavy atom. The monoisotopic (exact) mass is 353 g/mol. The molecule has 25 heavy (non-hydrogen) atoms. The van der Waals surface area contributed by atoms with Crippen LogP contribution in [0.4, 0.5) is 0 Å². The highest BCUT2D eigenvalue weighted by molar-refractivity contribution is 6.30. The Morgan fingerprint density at radius 2 is 1.88 bits per heavy atom. The molecule has 3 nitrogen and oxygen atoms in total. The zero-order valence-corrected chi connectivity index (χ0v) is 15.0. The van der Waals surface area contributed by atoms with Gasteiger partial charge in [-0.2, -0.15) is 0 Å². The zero-order valence-electron chi connectivity index (χ0n) is 14.3. The van der Waals surface area contributed by atoms with Crippen molar-refractivity contribution in [3.8, 4) is 5.75 Å². The van der Waals surface area contributed by atoms with Gasteiger partial charge in [0.25, 0.3) is 0 Å². The van der Waals surface area contributed by atoms with E-state index in [0.717, 1.165) is 11.3 Å². The highest BCUT2D eigenvalue weighted by atomic mass is 35.5. The predicted octanol–water partition coefficient (Wildman–Crippen LogP) is 5.09. The number of carbonyl (C=O) groups excluding carboxylic acids is 1. The maximum Gasteiger partial charge on any atom is 0.164 e. The average Bonchev–Trinajstić information content (AvgIpc) is 3.06. The lowest BCUT2D eigenvalue weighted by Crippen LogP contribution is -2.12. The quantitative estimate of drug-likeness (QED) is 0.578. The second kappa shape index (κ2) is 7.58. The fourth-order valence-electron chi connectivity index (χ4n) is 3.02. The van der Waals surface area contributed by atoms with Crippen LogP contribution in [-0.2, 0) is 7.05 Å². The van der Waals surface area contributed by atoms with Gasteiger partial charge in [-0.15, -0.1) is 0 Å². The molecule has 1 unspecified atom stereocenters. The van der Waals surface area contributed by atoms with Crippen LogP contribution < -0.4 is 4.74 Å². The van der Waals surface area contributed by atoms with Gasteiger partial charge >= 0.3 is 0 Å². The van der Waals surface area contributed by atoms with E-state index >= 15 is 0 Å². The fraction of sp³-hybridized carbons (Fsp3) is 0.190. The summed E-state index contributed by atoms with van der Waals surface area (Å²) in [6, 6.07) is 19.0. The first-order valence-corrected chi connectivity index (χ1v) is 8.50. The third-order valence-corrected chi connectivity index (χ3v) is 4.65. The molecule has 1 heterocycles. The highest BCUT2D eigenvalue weighted by Gasteiger charge is 2.21. The first-order chi connectivity index (χ1) is 12.1. The highest BCUT2D eigenvalue weighted by Crippen LogP contribution is 2.31. The Morgan fingerprint density at radius 3 is 2.52 bits per heavy atom. The molecular formula is C21H20ClNO2. The first-order valence-electron chi connectivity index (χ1n) is 8.12. The van der Waals surface area contributed by atoms with Crippen LogP contribution in [0.25, 0.3) is 0 Å². The van der Waals surface area contributed by atoms with Gasteiger partial charge in [-0.05, 0) is 42.0 Å². The van der Waals surface area contributed by atoms with Crippen molar-refractivity contribution >= 4 is 17.4 Å². The molecule has 128 valence electrons. The van der Waals surface area contributed by atoms with Gasteiger partial charge < -0.3 is 9.30 Å². The van der Waals surface area contributed by atoms with E-state index in [1.807, 2.05) is 61.8 Å². The number of hydrogen-bond acceptors (Lipinski definition) is 2. The number of nitrogens with zero attached hydrogens (tertiary/aromatic N) is 1. The molecule has 1 atom stereocenters. The lowest BCUT2D eigenvalue weighted by atomic mass is 9.89.